The fourth-order valence-electron chi connectivity index (χ4n) is 0.990. The third-order valence-electron chi connectivity index (χ3n) is 1.78. The van der Waals surface area contributed by atoms with Crippen LogP contribution in [-0.4, -0.2) is 24.6 Å². The van der Waals surface area contributed by atoms with Gasteiger partial charge in [0.05, 0.1) is 14.2 Å². The lowest BCUT2D eigenvalue weighted by atomic mass is 10.2. The Balaban J connectivity index is 0.000000631. The van der Waals surface area contributed by atoms with E-state index in [9.17, 15) is 0 Å². The standard InChI is InChI=1S/C10H13NO2S.CH3NOS/c1-12-9-5-3-8(4-6-9)7-11-10(14)13-2;2-1(3)4/h3-6H,7H2,1-2H3,(H,11,14);(H3,2,3,4). The number of thiol groups is 1. The van der Waals surface area contributed by atoms with Gasteiger partial charge in [0.25, 0.3) is 10.4 Å². The Kier molecular flexibility index (Phi) is 8.77. The molecule has 1 rings (SSSR count). The van der Waals surface area contributed by atoms with Crippen LogP contribution in [0.1, 0.15) is 5.56 Å². The van der Waals surface area contributed by atoms with Crippen molar-refractivity contribution in [2.24, 2.45) is 5.73 Å². The number of amides is 1. The molecule has 1 amide bonds. The molecule has 100 valence electrons. The molecule has 5 nitrogen and oxygen atoms in total. The third kappa shape index (κ3) is 8.66. The summed E-state index contributed by atoms with van der Waals surface area (Å²) in [5.74, 6) is 0.850. The lowest BCUT2D eigenvalue weighted by Crippen LogP contribution is -2.21. The van der Waals surface area contributed by atoms with Crippen molar-refractivity contribution >= 4 is 35.3 Å². The number of primary amides is 1. The van der Waals surface area contributed by atoms with Crippen LogP contribution in [0.4, 0.5) is 4.79 Å². The van der Waals surface area contributed by atoms with Gasteiger partial charge in [-0.2, -0.15) is 0 Å². The first-order valence-electron chi connectivity index (χ1n) is 4.92. The lowest BCUT2D eigenvalue weighted by Gasteiger charge is -2.06. The van der Waals surface area contributed by atoms with Gasteiger partial charge in [-0.25, -0.2) is 0 Å². The van der Waals surface area contributed by atoms with Crippen molar-refractivity contribution in [2.75, 3.05) is 14.2 Å². The highest BCUT2D eigenvalue weighted by Gasteiger charge is 1.96. The first-order chi connectivity index (χ1) is 8.49. The van der Waals surface area contributed by atoms with Crippen LogP contribution >= 0.6 is 24.8 Å². The smallest absolute Gasteiger partial charge is 0.273 e. The Morgan fingerprint density at radius 2 is 1.89 bits per heavy atom. The summed E-state index contributed by atoms with van der Waals surface area (Å²) in [4.78, 5) is 9.09. The van der Waals surface area contributed by atoms with E-state index in [1.54, 1.807) is 14.2 Å². The lowest BCUT2D eigenvalue weighted by molar-refractivity contribution is 0.267. The number of hydrogen-bond acceptors (Lipinski definition) is 4. The molecule has 0 heterocycles. The highest BCUT2D eigenvalue weighted by atomic mass is 32.1. The highest BCUT2D eigenvalue weighted by molar-refractivity contribution is 7.96. The molecule has 0 fully saturated rings. The van der Waals surface area contributed by atoms with Gasteiger partial charge < -0.3 is 20.5 Å². The van der Waals surface area contributed by atoms with E-state index in [0.29, 0.717) is 11.7 Å². The van der Waals surface area contributed by atoms with Crippen LogP contribution in [0.3, 0.4) is 0 Å². The summed E-state index contributed by atoms with van der Waals surface area (Å²) in [7, 11) is 3.19. The Bertz CT molecular complexity index is 378. The molecule has 0 aliphatic carbocycles. The van der Waals surface area contributed by atoms with Crippen LogP contribution in [0.2, 0.25) is 0 Å². The van der Waals surface area contributed by atoms with Crippen LogP contribution in [-0.2, 0) is 11.3 Å². The van der Waals surface area contributed by atoms with E-state index in [2.05, 4.69) is 23.7 Å². The van der Waals surface area contributed by atoms with Gasteiger partial charge in [0.15, 0.2) is 0 Å². The number of benzene rings is 1. The molecule has 0 radical (unpaired) electrons. The number of nitrogens with one attached hydrogen (secondary N) is 1. The van der Waals surface area contributed by atoms with Gasteiger partial charge in [-0.05, 0) is 29.9 Å². The number of rotatable bonds is 3. The summed E-state index contributed by atoms with van der Waals surface area (Å²) in [6.07, 6.45) is 0. The van der Waals surface area contributed by atoms with Crippen molar-refractivity contribution in [1.29, 1.82) is 0 Å². The summed E-state index contributed by atoms with van der Waals surface area (Å²) < 4.78 is 9.86. The number of methoxy groups -OCH3 is 2. The predicted molar refractivity (Wildman–Crippen MR) is 78.0 cm³/mol. The van der Waals surface area contributed by atoms with E-state index in [4.69, 9.17) is 26.5 Å². The number of carbonyl (C=O) groups excluding carboxylic acids is 1. The summed E-state index contributed by atoms with van der Waals surface area (Å²) in [5, 5.41) is 2.72. The predicted octanol–water partition coefficient (Wildman–Crippen LogP) is 1.71. The summed E-state index contributed by atoms with van der Waals surface area (Å²) >= 11 is 7.95. The van der Waals surface area contributed by atoms with E-state index in [-0.39, 0.29) is 0 Å². The van der Waals surface area contributed by atoms with Gasteiger partial charge in [-0.3, -0.25) is 4.79 Å². The van der Waals surface area contributed by atoms with E-state index in [1.807, 2.05) is 24.3 Å². The fraction of sp³-hybridized carbons (Fsp3) is 0.273. The van der Waals surface area contributed by atoms with Gasteiger partial charge in [0, 0.05) is 6.54 Å². The molecule has 3 N–H and O–H groups in total. The maximum absolute atomic E-state index is 9.09. The van der Waals surface area contributed by atoms with Crippen LogP contribution < -0.4 is 15.8 Å². The van der Waals surface area contributed by atoms with Crippen molar-refractivity contribution < 1.29 is 14.3 Å². The SMILES string of the molecule is COC(=S)NCc1ccc(OC)cc1.NC(=O)S. The second-order valence-corrected chi connectivity index (χ2v) is 3.84. The van der Waals surface area contributed by atoms with Crippen LogP contribution in [0.25, 0.3) is 0 Å². The van der Waals surface area contributed by atoms with Gasteiger partial charge in [0.1, 0.15) is 5.75 Å². The van der Waals surface area contributed by atoms with E-state index >= 15 is 0 Å². The summed E-state index contributed by atoms with van der Waals surface area (Å²) in [6.45, 7) is 0.663. The van der Waals surface area contributed by atoms with E-state index < -0.39 is 5.24 Å². The second-order valence-electron chi connectivity index (χ2n) is 3.03. The number of ether oxygens (including phenoxy) is 2. The molecule has 7 heteroatoms. The molecule has 0 spiro atoms. The Morgan fingerprint density at radius 1 is 1.39 bits per heavy atom. The minimum absolute atomic E-state index is 0.404. The van der Waals surface area contributed by atoms with Gasteiger partial charge in [-0.15, -0.1) is 0 Å². The topological polar surface area (TPSA) is 73.6 Å². The Morgan fingerprint density at radius 3 is 2.28 bits per heavy atom. The van der Waals surface area contributed by atoms with E-state index in [1.165, 1.54) is 0 Å². The molecule has 0 aliphatic heterocycles. The summed E-state index contributed by atoms with van der Waals surface area (Å²) in [6, 6.07) is 7.77. The molecule has 18 heavy (non-hydrogen) atoms. The number of thiocarbonyl (C=S) groups is 1. The zero-order valence-electron chi connectivity index (χ0n) is 10.2. The number of hydrogen-bond donors (Lipinski definition) is 3. The molecule has 0 aromatic heterocycles. The van der Waals surface area contributed by atoms with Crippen molar-refractivity contribution in [2.45, 2.75) is 6.54 Å². The van der Waals surface area contributed by atoms with Crippen LogP contribution in [0.15, 0.2) is 24.3 Å². The van der Waals surface area contributed by atoms with Crippen molar-refractivity contribution in [3.8, 4) is 5.75 Å². The maximum atomic E-state index is 9.09. The molecule has 0 bridgehead atoms. The Hall–Kier alpha value is -1.47. The normalized spacial score (nSPS) is 8.61. The largest absolute Gasteiger partial charge is 0.497 e. The first-order valence-corrected chi connectivity index (χ1v) is 5.78. The molecule has 0 unspecified atom stereocenters. The second kappa shape index (κ2) is 9.55. The van der Waals surface area contributed by atoms with Crippen LogP contribution in [0.5, 0.6) is 5.75 Å². The Labute approximate surface area is 117 Å². The van der Waals surface area contributed by atoms with Crippen molar-refractivity contribution in [3.05, 3.63) is 29.8 Å². The minimum Gasteiger partial charge on any atom is -0.497 e. The average molecular weight is 288 g/mol. The fourth-order valence-corrected chi connectivity index (χ4v) is 1.06. The molecular weight excluding hydrogens is 272 g/mol. The molecular formula is C11H16N2O3S2. The number of carbonyl (C=O) groups is 1. The zero-order chi connectivity index (χ0) is 14.0. The van der Waals surface area contributed by atoms with Crippen LogP contribution in [0, 0.1) is 0 Å². The quantitative estimate of drug-likeness (QED) is 0.583. The molecule has 0 saturated carbocycles. The zero-order valence-corrected chi connectivity index (χ0v) is 11.9. The van der Waals surface area contributed by atoms with Gasteiger partial charge in [0.2, 0.25) is 0 Å². The van der Waals surface area contributed by atoms with E-state index in [0.717, 1.165) is 11.3 Å². The third-order valence-corrected chi connectivity index (χ3v) is 2.09. The molecule has 0 aliphatic rings. The maximum Gasteiger partial charge on any atom is 0.273 e. The number of nitrogens with two attached hydrogens (primary N) is 1. The summed E-state index contributed by atoms with van der Waals surface area (Å²) in [5.41, 5.74) is 5.47. The van der Waals surface area contributed by atoms with Gasteiger partial charge >= 0.3 is 0 Å². The van der Waals surface area contributed by atoms with Crippen molar-refractivity contribution in [1.82, 2.24) is 5.32 Å². The highest BCUT2D eigenvalue weighted by Crippen LogP contribution is 2.10. The van der Waals surface area contributed by atoms with Crippen molar-refractivity contribution in [3.63, 3.8) is 0 Å². The molecule has 0 atom stereocenters. The van der Waals surface area contributed by atoms with Gasteiger partial charge in [-0.1, -0.05) is 24.8 Å². The minimum atomic E-state index is -0.639. The average Bonchev–Trinajstić information content (AvgIpc) is 2.35. The monoisotopic (exact) mass is 288 g/mol. The molecule has 0 saturated heterocycles. The first kappa shape index (κ1) is 16.5. The molecule has 1 aromatic carbocycles. The molecule has 1 aromatic rings.